The topological polar surface area (TPSA) is 0 Å². The van der Waals surface area contributed by atoms with Gasteiger partial charge in [-0.15, -0.1) is 0 Å². The van der Waals surface area contributed by atoms with Crippen LogP contribution >= 0.6 is 48.9 Å². The number of halogens is 4. The van der Waals surface area contributed by atoms with Crippen LogP contribution in [0.4, 0.5) is 0 Å². The fraction of sp³-hybridized carbons (Fsp3) is 0. The number of hydrogen-bond acceptors (Lipinski definition) is 0. The van der Waals surface area contributed by atoms with Crippen LogP contribution in [0.2, 0.25) is 0 Å². The van der Waals surface area contributed by atoms with E-state index in [2.05, 4.69) is 48.9 Å². The van der Waals surface area contributed by atoms with Gasteiger partial charge >= 0.3 is 59.7 Å². The first kappa shape index (κ1) is 7.80. The van der Waals surface area contributed by atoms with Gasteiger partial charge in [-0.2, -0.15) is 0 Å². The predicted molar refractivity (Wildman–Crippen MR) is 41.5 cm³/mol. The molecule has 0 aromatic heterocycles. The molecule has 0 spiro atoms. The van der Waals surface area contributed by atoms with E-state index in [1.165, 1.54) is 0 Å². The molecule has 0 aliphatic carbocycles. The molecule has 0 amide bonds. The summed E-state index contributed by atoms with van der Waals surface area (Å²) in [6, 6.07) is 0. The first-order valence-electron chi connectivity index (χ1n) is 0.676. The van der Waals surface area contributed by atoms with Gasteiger partial charge in [0, 0.05) is 0 Å². The van der Waals surface area contributed by atoms with Gasteiger partial charge in [0.2, 0.25) is 0 Å². The van der Waals surface area contributed by atoms with Crippen molar-refractivity contribution in [3.8, 4) is 0 Å². The van der Waals surface area contributed by atoms with Crippen molar-refractivity contribution in [1.29, 1.82) is 0 Å². The molecule has 0 saturated carbocycles. The summed E-state index contributed by atoms with van der Waals surface area (Å²) in [5.74, 6) is 0. The zero-order chi connectivity index (χ0) is 4.50. The minimum absolute atomic E-state index is 1.97. The Morgan fingerprint density at radius 3 is 0.800 bits per heavy atom. The molecule has 0 unspecified atom stereocenters. The average Bonchev–Trinajstić information content (AvgIpc) is 0.722. The molecule has 0 fully saturated rings. The fourth-order valence-corrected chi connectivity index (χ4v) is 0. The minimum atomic E-state index is -1.97. The summed E-state index contributed by atoms with van der Waals surface area (Å²) in [5.41, 5.74) is 0. The first-order chi connectivity index (χ1) is 2.00. The van der Waals surface area contributed by atoms with Crippen LogP contribution < -0.4 is 0 Å². The molecule has 0 aromatic carbocycles. The molecule has 0 aliphatic rings. The third kappa shape index (κ3) is 20.0. The Kier molecular flexibility index (Phi) is 4.61. The summed E-state index contributed by atoms with van der Waals surface area (Å²) >= 11 is 13.4. The van der Waals surface area contributed by atoms with Crippen LogP contribution in [0.5, 0.6) is 0 Å². The van der Waals surface area contributed by atoms with Gasteiger partial charge in [0.1, 0.15) is 0 Å². The Bertz CT molecular complexity index is 19.1. The van der Waals surface area contributed by atoms with Gasteiger partial charge in [-0.3, -0.25) is 0 Å². The molecule has 0 heterocycles. The van der Waals surface area contributed by atoms with Crippen molar-refractivity contribution in [2.75, 3.05) is 0 Å². The maximum atomic E-state index is 3.34. The second-order valence-corrected chi connectivity index (χ2v) is 90.8. The van der Waals surface area contributed by atoms with Crippen molar-refractivity contribution >= 4 is 59.7 Å². The first-order valence-corrected chi connectivity index (χ1v) is 30.8. The third-order valence-corrected chi connectivity index (χ3v) is 0. The van der Waals surface area contributed by atoms with Crippen LogP contribution in [0.1, 0.15) is 0 Å². The molecule has 5 heteroatoms. The zero-order valence-electron chi connectivity index (χ0n) is 1.96. The normalized spacial score (nSPS) is 12.0. The molecule has 0 atom stereocenters. The molecular formula is BiBr4. The summed E-state index contributed by atoms with van der Waals surface area (Å²) < 4.78 is 0. The molecule has 0 saturated heterocycles. The van der Waals surface area contributed by atoms with Crippen LogP contribution in [0.3, 0.4) is 0 Å². The molecule has 5 heavy (non-hydrogen) atoms. The Labute approximate surface area is 58.3 Å². The SMILES string of the molecule is [Br][Bi]([Br])([Br])[Br]. The van der Waals surface area contributed by atoms with E-state index in [9.17, 15) is 0 Å². The van der Waals surface area contributed by atoms with E-state index in [0.29, 0.717) is 0 Å². The van der Waals surface area contributed by atoms with Gasteiger partial charge in [-0.25, -0.2) is 0 Å². The standard InChI is InChI=1S/Bi.4BrH/h;4*1H/q+4;;;;/p-4. The summed E-state index contributed by atoms with van der Waals surface area (Å²) in [5, 5.41) is 0. The van der Waals surface area contributed by atoms with E-state index in [-0.39, 0.29) is 0 Å². The molecule has 0 N–H and O–H groups in total. The van der Waals surface area contributed by atoms with Gasteiger partial charge in [-0.05, 0) is 0 Å². The van der Waals surface area contributed by atoms with Gasteiger partial charge in [0.25, 0.3) is 0 Å². The summed E-state index contributed by atoms with van der Waals surface area (Å²) in [6.07, 6.45) is 0. The third-order valence-electron chi connectivity index (χ3n) is 0. The van der Waals surface area contributed by atoms with Crippen molar-refractivity contribution in [2.45, 2.75) is 0 Å². The van der Waals surface area contributed by atoms with Crippen molar-refractivity contribution < 1.29 is 0 Å². The van der Waals surface area contributed by atoms with Crippen LogP contribution in [0.15, 0.2) is 0 Å². The van der Waals surface area contributed by atoms with E-state index >= 15 is 0 Å². The maximum absolute atomic E-state index is 3.34. The van der Waals surface area contributed by atoms with Gasteiger partial charge in [0.05, 0.1) is 0 Å². The molecular weight excluding hydrogens is 529 g/mol. The van der Waals surface area contributed by atoms with E-state index in [0.717, 1.165) is 0 Å². The van der Waals surface area contributed by atoms with E-state index < -0.39 is 10.9 Å². The van der Waals surface area contributed by atoms with Crippen LogP contribution in [0, 0.1) is 0 Å². The number of hydrogen-bond donors (Lipinski definition) is 0. The number of rotatable bonds is 0. The monoisotopic (exact) mass is 525 g/mol. The predicted octanol–water partition coefficient (Wildman–Crippen LogP) is 3.00. The Morgan fingerprint density at radius 1 is 0.800 bits per heavy atom. The fourth-order valence-electron chi connectivity index (χ4n) is 0. The second-order valence-electron chi connectivity index (χ2n) is 0.383. The van der Waals surface area contributed by atoms with Crippen molar-refractivity contribution in [3.63, 3.8) is 0 Å². The molecule has 0 nitrogen and oxygen atoms in total. The van der Waals surface area contributed by atoms with E-state index in [1.54, 1.807) is 0 Å². The Morgan fingerprint density at radius 2 is 0.800 bits per heavy atom. The molecule has 0 bridgehead atoms. The quantitative estimate of drug-likeness (QED) is 0.425. The van der Waals surface area contributed by atoms with Crippen molar-refractivity contribution in [1.82, 2.24) is 0 Å². The molecule has 1 radical (unpaired) electrons. The zero-order valence-corrected chi connectivity index (χ0v) is 11.8. The van der Waals surface area contributed by atoms with Gasteiger partial charge < -0.3 is 0 Å². The van der Waals surface area contributed by atoms with E-state index in [1.807, 2.05) is 0 Å². The van der Waals surface area contributed by atoms with Crippen LogP contribution in [-0.2, 0) is 0 Å². The molecule has 33 valence electrons. The van der Waals surface area contributed by atoms with Gasteiger partial charge in [-0.1, -0.05) is 0 Å². The van der Waals surface area contributed by atoms with E-state index in [4.69, 9.17) is 0 Å². The summed E-state index contributed by atoms with van der Waals surface area (Å²) in [7, 11) is -1.97. The average molecular weight is 529 g/mol. The van der Waals surface area contributed by atoms with Crippen molar-refractivity contribution in [3.05, 3.63) is 0 Å². The van der Waals surface area contributed by atoms with Crippen LogP contribution in [-0.4, -0.2) is 10.9 Å². The van der Waals surface area contributed by atoms with Crippen molar-refractivity contribution in [2.24, 2.45) is 0 Å². The second kappa shape index (κ2) is 2.96. The molecule has 0 rings (SSSR count). The van der Waals surface area contributed by atoms with Crippen LogP contribution in [0.25, 0.3) is 0 Å². The Hall–Kier alpha value is 2.80. The summed E-state index contributed by atoms with van der Waals surface area (Å²) in [6.45, 7) is 0. The Balaban J connectivity index is 3.02. The summed E-state index contributed by atoms with van der Waals surface area (Å²) in [4.78, 5) is 0. The molecule has 0 aromatic rings. The van der Waals surface area contributed by atoms with Gasteiger partial charge in [0.15, 0.2) is 0 Å². The molecule has 0 aliphatic heterocycles.